The second-order valence-corrected chi connectivity index (χ2v) is 4.82. The van der Waals surface area contributed by atoms with Gasteiger partial charge < -0.3 is 15.7 Å². The minimum atomic E-state index is -0.801. The van der Waals surface area contributed by atoms with Gasteiger partial charge in [-0.1, -0.05) is 30.3 Å². The summed E-state index contributed by atoms with van der Waals surface area (Å²) >= 11 is 0. The number of carboxylic acids is 1. The molecule has 1 aromatic carbocycles. The summed E-state index contributed by atoms with van der Waals surface area (Å²) in [5.41, 5.74) is 1.18. The van der Waals surface area contributed by atoms with E-state index in [0.717, 1.165) is 6.42 Å². The van der Waals surface area contributed by atoms with E-state index in [-0.39, 0.29) is 18.5 Å². The summed E-state index contributed by atoms with van der Waals surface area (Å²) in [6.07, 6.45) is 2.17. The minimum absolute atomic E-state index is 0.0222. The number of urea groups is 1. The molecule has 1 atom stereocenters. The summed E-state index contributed by atoms with van der Waals surface area (Å²) in [4.78, 5) is 22.0. The zero-order chi connectivity index (χ0) is 14.8. The number of nitrogens with one attached hydrogen (secondary N) is 2. The lowest BCUT2D eigenvalue weighted by atomic mass is 10.1. The molecule has 0 saturated heterocycles. The Morgan fingerprint density at radius 2 is 1.95 bits per heavy atom. The number of amides is 2. The molecule has 1 unspecified atom stereocenters. The highest BCUT2D eigenvalue weighted by Gasteiger charge is 2.07. The smallest absolute Gasteiger partial charge is 0.315 e. The van der Waals surface area contributed by atoms with E-state index in [4.69, 9.17) is 5.11 Å². The van der Waals surface area contributed by atoms with Crippen LogP contribution in [0.3, 0.4) is 0 Å². The van der Waals surface area contributed by atoms with Crippen LogP contribution < -0.4 is 10.6 Å². The van der Waals surface area contributed by atoms with Gasteiger partial charge in [0, 0.05) is 19.0 Å². The van der Waals surface area contributed by atoms with Crippen molar-refractivity contribution in [3.05, 3.63) is 35.9 Å². The molecule has 0 radical (unpaired) electrons. The number of aliphatic carboxylic acids is 1. The maximum Gasteiger partial charge on any atom is 0.315 e. The van der Waals surface area contributed by atoms with Gasteiger partial charge in [0.05, 0.1) is 0 Å². The topological polar surface area (TPSA) is 78.4 Å². The lowest BCUT2D eigenvalue weighted by molar-refractivity contribution is -0.137. The molecule has 0 spiro atoms. The van der Waals surface area contributed by atoms with E-state index in [1.165, 1.54) is 5.56 Å². The summed E-state index contributed by atoms with van der Waals surface area (Å²) in [5.74, 6) is -0.801. The van der Waals surface area contributed by atoms with E-state index < -0.39 is 5.97 Å². The van der Waals surface area contributed by atoms with Crippen molar-refractivity contribution in [3.63, 3.8) is 0 Å². The first-order chi connectivity index (χ1) is 9.58. The van der Waals surface area contributed by atoms with Gasteiger partial charge in [-0.05, 0) is 31.7 Å². The Morgan fingerprint density at radius 1 is 1.25 bits per heavy atom. The van der Waals surface area contributed by atoms with Gasteiger partial charge in [-0.15, -0.1) is 0 Å². The Labute approximate surface area is 119 Å². The normalized spacial score (nSPS) is 11.7. The Kier molecular flexibility index (Phi) is 7.17. The Bertz CT molecular complexity index is 420. The zero-order valence-corrected chi connectivity index (χ0v) is 11.8. The molecule has 0 aliphatic rings. The number of carboxylic acid groups (broad SMARTS) is 1. The molecule has 3 N–H and O–H groups in total. The molecule has 1 rings (SSSR count). The predicted octanol–water partition coefficient (Wildman–Crippen LogP) is 2.17. The van der Waals surface area contributed by atoms with Crippen LogP contribution in [0.4, 0.5) is 4.79 Å². The van der Waals surface area contributed by atoms with Crippen molar-refractivity contribution in [2.24, 2.45) is 0 Å². The van der Waals surface area contributed by atoms with Crippen LogP contribution in [0.2, 0.25) is 0 Å². The highest BCUT2D eigenvalue weighted by Crippen LogP contribution is 2.00. The van der Waals surface area contributed by atoms with Gasteiger partial charge in [0.15, 0.2) is 0 Å². The lowest BCUT2D eigenvalue weighted by Crippen LogP contribution is -2.41. The summed E-state index contributed by atoms with van der Waals surface area (Å²) < 4.78 is 0. The van der Waals surface area contributed by atoms with Crippen LogP contribution >= 0.6 is 0 Å². The molecule has 110 valence electrons. The first-order valence-electron chi connectivity index (χ1n) is 6.88. The molecule has 20 heavy (non-hydrogen) atoms. The fourth-order valence-electron chi connectivity index (χ4n) is 1.87. The predicted molar refractivity (Wildman–Crippen MR) is 77.6 cm³/mol. The third-order valence-corrected chi connectivity index (χ3v) is 2.95. The number of carbonyl (C=O) groups excluding carboxylic acids is 1. The van der Waals surface area contributed by atoms with Crippen LogP contribution in [-0.4, -0.2) is 29.7 Å². The first kappa shape index (κ1) is 16.0. The summed E-state index contributed by atoms with van der Waals surface area (Å²) in [7, 11) is 0. The standard InChI is InChI=1S/C15H22N2O3/c1-12(6-5-9-14(18)19)17-15(20)16-11-10-13-7-3-2-4-8-13/h2-4,7-8,12H,5-6,9-11H2,1H3,(H,18,19)(H2,16,17,20). The number of hydrogen-bond donors (Lipinski definition) is 3. The summed E-state index contributed by atoms with van der Waals surface area (Å²) in [5, 5.41) is 14.1. The lowest BCUT2D eigenvalue weighted by Gasteiger charge is -2.14. The highest BCUT2D eigenvalue weighted by atomic mass is 16.4. The molecule has 5 heteroatoms. The monoisotopic (exact) mass is 278 g/mol. The van der Waals surface area contributed by atoms with Gasteiger partial charge in [-0.25, -0.2) is 4.79 Å². The van der Waals surface area contributed by atoms with E-state index in [0.29, 0.717) is 19.4 Å². The molecule has 5 nitrogen and oxygen atoms in total. The number of benzene rings is 1. The molecular weight excluding hydrogens is 256 g/mol. The maximum atomic E-state index is 11.6. The van der Waals surface area contributed by atoms with Crippen LogP contribution in [0.1, 0.15) is 31.7 Å². The van der Waals surface area contributed by atoms with Crippen molar-refractivity contribution >= 4 is 12.0 Å². The first-order valence-corrected chi connectivity index (χ1v) is 6.88. The molecular formula is C15H22N2O3. The third-order valence-electron chi connectivity index (χ3n) is 2.95. The number of carbonyl (C=O) groups is 2. The fraction of sp³-hybridized carbons (Fsp3) is 0.467. The van der Waals surface area contributed by atoms with Gasteiger partial charge in [-0.3, -0.25) is 4.79 Å². The van der Waals surface area contributed by atoms with Crippen LogP contribution in [0.25, 0.3) is 0 Å². The average Bonchev–Trinajstić information content (AvgIpc) is 2.39. The quantitative estimate of drug-likeness (QED) is 0.682. The van der Waals surface area contributed by atoms with Crippen molar-refractivity contribution in [1.29, 1.82) is 0 Å². The number of rotatable bonds is 8. The second-order valence-electron chi connectivity index (χ2n) is 4.82. The van der Waals surface area contributed by atoms with E-state index in [1.54, 1.807) is 0 Å². The van der Waals surface area contributed by atoms with E-state index in [9.17, 15) is 9.59 Å². The van der Waals surface area contributed by atoms with Crippen LogP contribution in [0.5, 0.6) is 0 Å². The van der Waals surface area contributed by atoms with Crippen LogP contribution in [0.15, 0.2) is 30.3 Å². The van der Waals surface area contributed by atoms with Crippen molar-refractivity contribution < 1.29 is 14.7 Å². The molecule has 1 aromatic rings. The van der Waals surface area contributed by atoms with Crippen molar-refractivity contribution in [2.75, 3.05) is 6.54 Å². The number of hydrogen-bond acceptors (Lipinski definition) is 2. The van der Waals surface area contributed by atoms with Gasteiger partial charge in [0.25, 0.3) is 0 Å². The molecule has 0 heterocycles. The Morgan fingerprint density at radius 3 is 2.60 bits per heavy atom. The maximum absolute atomic E-state index is 11.6. The van der Waals surface area contributed by atoms with E-state index in [2.05, 4.69) is 10.6 Å². The third kappa shape index (κ3) is 7.41. The van der Waals surface area contributed by atoms with Crippen molar-refractivity contribution in [2.45, 2.75) is 38.6 Å². The van der Waals surface area contributed by atoms with Gasteiger partial charge in [-0.2, -0.15) is 0 Å². The molecule has 0 aliphatic heterocycles. The van der Waals surface area contributed by atoms with Crippen molar-refractivity contribution in [3.8, 4) is 0 Å². The van der Waals surface area contributed by atoms with Gasteiger partial charge in [0.1, 0.15) is 0 Å². The molecule has 2 amide bonds. The van der Waals surface area contributed by atoms with Crippen LogP contribution in [-0.2, 0) is 11.2 Å². The molecule has 0 fully saturated rings. The van der Waals surface area contributed by atoms with Crippen LogP contribution in [0, 0.1) is 0 Å². The Hall–Kier alpha value is -2.04. The summed E-state index contributed by atoms with van der Waals surface area (Å²) in [6, 6.07) is 9.72. The van der Waals surface area contributed by atoms with E-state index in [1.807, 2.05) is 37.3 Å². The SMILES string of the molecule is CC(CCCC(=O)O)NC(=O)NCCc1ccccc1. The highest BCUT2D eigenvalue weighted by molar-refractivity contribution is 5.74. The molecule has 0 aliphatic carbocycles. The Balaban J connectivity index is 2.12. The molecule has 0 aromatic heterocycles. The van der Waals surface area contributed by atoms with Crippen molar-refractivity contribution in [1.82, 2.24) is 10.6 Å². The molecule has 0 bridgehead atoms. The minimum Gasteiger partial charge on any atom is -0.481 e. The average molecular weight is 278 g/mol. The van der Waals surface area contributed by atoms with Gasteiger partial charge in [0.2, 0.25) is 0 Å². The summed E-state index contributed by atoms with van der Waals surface area (Å²) in [6.45, 7) is 2.45. The molecule has 0 saturated carbocycles. The zero-order valence-electron chi connectivity index (χ0n) is 11.8. The second kappa shape index (κ2) is 8.96. The van der Waals surface area contributed by atoms with E-state index >= 15 is 0 Å². The van der Waals surface area contributed by atoms with Gasteiger partial charge >= 0.3 is 12.0 Å². The fourth-order valence-corrected chi connectivity index (χ4v) is 1.87. The largest absolute Gasteiger partial charge is 0.481 e.